The average Bonchev–Trinajstić information content (AvgIpc) is 1.64. The van der Waals surface area contributed by atoms with E-state index < -0.39 is 42.7 Å². The molecule has 12 aromatic rings. The fraction of sp³-hybridized carbons (Fsp3) is 0.250. The van der Waals surface area contributed by atoms with Crippen molar-refractivity contribution in [1.82, 2.24) is 29.9 Å². The van der Waals surface area contributed by atoms with Crippen molar-refractivity contribution in [3.63, 3.8) is 0 Å². The fourth-order valence-corrected chi connectivity index (χ4v) is 15.1. The highest BCUT2D eigenvalue weighted by Crippen LogP contribution is 2.37. The molecular weight excluding hydrogens is 1670 g/mol. The van der Waals surface area contributed by atoms with Crippen LogP contribution in [0.15, 0.2) is 109 Å². The molecule has 0 aliphatic carbocycles. The molecule has 18 rings (SSSR count). The number of benzene rings is 6. The molecular formula is C96H90B6N12O18. The molecule has 6 N–H and O–H groups in total. The monoisotopic (exact) mass is 1760 g/mol. The van der Waals surface area contributed by atoms with E-state index in [1.807, 2.05) is 173 Å². The number of aromatic nitrogens is 6. The third kappa shape index (κ3) is 21.0. The van der Waals surface area contributed by atoms with Crippen LogP contribution in [-0.4, -0.2) is 103 Å². The summed E-state index contributed by atoms with van der Waals surface area (Å²) in [4.78, 5) is 26.2. The summed E-state index contributed by atoms with van der Waals surface area (Å²) in [6, 6.07) is 44.8. The number of nitriles is 6. The van der Waals surface area contributed by atoms with Crippen LogP contribution in [-0.2, 0) is 67.6 Å². The maximum Gasteiger partial charge on any atom is 0.492 e. The summed E-state index contributed by atoms with van der Waals surface area (Å²) in [5, 5.41) is 114. The van der Waals surface area contributed by atoms with Crippen LogP contribution in [0.3, 0.4) is 0 Å². The summed E-state index contributed by atoms with van der Waals surface area (Å²) < 4.78 is 66.3. The number of fused-ring (bicyclic) bond motifs is 6. The van der Waals surface area contributed by atoms with Crippen LogP contribution >= 0.6 is 0 Å². The second-order valence-corrected chi connectivity index (χ2v) is 32.4. The Morgan fingerprint density at radius 2 is 0.561 bits per heavy atom. The van der Waals surface area contributed by atoms with E-state index in [-0.39, 0.29) is 0 Å². The second kappa shape index (κ2) is 40.9. The number of ether oxygens (including phenoxy) is 6. The summed E-state index contributed by atoms with van der Waals surface area (Å²) in [5.41, 5.74) is 28.5. The van der Waals surface area contributed by atoms with Crippen molar-refractivity contribution >= 4 is 75.5 Å². The number of nitrogens with zero attached hydrogens (tertiary/aromatic N) is 12. The van der Waals surface area contributed by atoms with E-state index >= 15 is 0 Å². The molecule has 0 spiro atoms. The average molecular weight is 1760 g/mol. The maximum absolute atomic E-state index is 9.77. The van der Waals surface area contributed by atoms with Crippen molar-refractivity contribution in [2.75, 3.05) is 0 Å². The van der Waals surface area contributed by atoms with Crippen LogP contribution in [0.2, 0.25) is 0 Å². The van der Waals surface area contributed by atoms with Crippen LogP contribution in [0.5, 0.6) is 69.8 Å². The van der Waals surface area contributed by atoms with Crippen molar-refractivity contribution in [2.24, 2.45) is 0 Å². The largest absolute Gasteiger partial charge is 0.492 e. The van der Waals surface area contributed by atoms with Gasteiger partial charge in [0.1, 0.15) is 69.4 Å². The highest BCUT2D eigenvalue weighted by atomic mass is 16.6. The van der Waals surface area contributed by atoms with Crippen molar-refractivity contribution in [3.8, 4) is 106 Å². The second-order valence-electron chi connectivity index (χ2n) is 32.4. The van der Waals surface area contributed by atoms with Crippen molar-refractivity contribution < 1.29 is 86.5 Å². The van der Waals surface area contributed by atoms with Crippen molar-refractivity contribution in [3.05, 3.63) is 277 Å². The number of pyridine rings is 6. The number of hydrogen-bond acceptors (Lipinski definition) is 30. The smallest absolute Gasteiger partial charge is 0.439 e. The minimum Gasteiger partial charge on any atom is -0.439 e. The molecule has 6 aliphatic rings. The van der Waals surface area contributed by atoms with E-state index in [1.165, 1.54) is 0 Å². The minimum absolute atomic E-state index is 0.296. The zero-order valence-electron chi connectivity index (χ0n) is 76.0. The molecule has 132 heavy (non-hydrogen) atoms. The molecule has 0 fully saturated rings. The summed E-state index contributed by atoms with van der Waals surface area (Å²) in [5.74, 6) is 5.79. The molecule has 6 aromatic carbocycles. The highest BCUT2D eigenvalue weighted by molar-refractivity contribution is 6.64. The van der Waals surface area contributed by atoms with Crippen LogP contribution in [0.1, 0.15) is 168 Å². The lowest BCUT2D eigenvalue weighted by Gasteiger charge is -2.13. The Morgan fingerprint density at radius 1 is 0.258 bits per heavy atom. The zero-order chi connectivity index (χ0) is 95.1. The molecule has 0 saturated heterocycles. The highest BCUT2D eigenvalue weighted by Gasteiger charge is 2.36. The van der Waals surface area contributed by atoms with Gasteiger partial charge in [-0.15, -0.1) is 0 Å². The minimum atomic E-state index is -0.878. The predicted molar refractivity (Wildman–Crippen MR) is 492 cm³/mol. The first-order valence-electron chi connectivity index (χ1n) is 41.9. The standard InChI is InChI=1S/6C16H15BN2O3/c1-9-4-14-13(8-21-17(14)20)5-15(9)22-16-6-12(7-18)10(2)11(3)19-16;1-9-4-14(5-13-8-21-17(20)16(9)13)22-15-6-12(7-18)10(2)11(3)19-15;1-9-4-12(7-18)16(19-11(9)3)22-15-6-13-8-21-17(20)14(13)5-10(15)2;1-9-4-12(7-18)16(19-11(9)3)22-14-5-10(2)15-13(6-14)8-21-17(15)20;1-9-11(3)19-16(6-12(9)7-18)22-15-5-4-14-13(10(15)2)8-21-17(14)20;1-9-6-12(7-18)16(19-11(9)3)22-15-5-4-14-13(10(15)2)8-21-17(14)20/h6*4-6,20H,8H2,1-3H3. The van der Waals surface area contributed by atoms with Crippen LogP contribution in [0, 0.1) is 193 Å². The van der Waals surface area contributed by atoms with Gasteiger partial charge < -0.3 is 86.5 Å². The van der Waals surface area contributed by atoms with Gasteiger partial charge in [-0.1, -0.05) is 24.3 Å². The molecule has 12 heterocycles. The van der Waals surface area contributed by atoms with Gasteiger partial charge in [-0.25, -0.2) is 29.9 Å². The van der Waals surface area contributed by atoms with Crippen molar-refractivity contribution in [2.45, 2.75) is 164 Å². The third-order valence-electron chi connectivity index (χ3n) is 23.6. The maximum atomic E-state index is 9.77. The first-order valence-corrected chi connectivity index (χ1v) is 41.9. The number of rotatable bonds is 12. The SMILES string of the molecule is Cc1cc(C#N)c(Oc2cc(C)c3c(c2)COB3O)nc1C.Cc1cc(C#N)c(Oc2ccc3c(c2C)COB3O)nc1C.Cc1cc(Oc2cc(C#N)c(C)c(C)n2)cc2c1B(O)OC2.Cc1cc2c(cc1Oc1cc(C#N)c(C)c(C)n1)COB2O.Cc1cc2c(cc1Oc1nc(C)c(C)cc1C#N)COB2O.Cc1nc(Oc2ccc3c(c2C)COB3O)cc(C#N)c1C. The Labute approximate surface area is 766 Å². The van der Waals surface area contributed by atoms with E-state index in [1.54, 1.807) is 60.7 Å². The number of hydrogen-bond donors (Lipinski definition) is 6. The van der Waals surface area contributed by atoms with Gasteiger partial charge in [0.25, 0.3) is 0 Å². The normalized spacial score (nSPS) is 13.0. The topological polar surface area (TPSA) is 452 Å². The molecule has 6 aromatic heterocycles. The summed E-state index contributed by atoms with van der Waals surface area (Å²) in [6.07, 6.45) is 0. The first-order chi connectivity index (χ1) is 63.0. The summed E-state index contributed by atoms with van der Waals surface area (Å²) in [6.45, 7) is 36.0. The van der Waals surface area contributed by atoms with E-state index in [2.05, 4.69) is 66.3 Å². The van der Waals surface area contributed by atoms with Gasteiger partial charge in [0.05, 0.1) is 74.5 Å². The quantitative estimate of drug-likeness (QED) is 0.0619. The molecule has 0 bridgehead atoms. The van der Waals surface area contributed by atoms with E-state index in [9.17, 15) is 45.9 Å². The Hall–Kier alpha value is -14.1. The molecule has 0 amide bonds. The third-order valence-corrected chi connectivity index (χ3v) is 23.6. The Kier molecular flexibility index (Phi) is 29.6. The van der Waals surface area contributed by atoms with E-state index in [0.717, 1.165) is 167 Å². The van der Waals surface area contributed by atoms with Gasteiger partial charge in [0.2, 0.25) is 35.3 Å². The molecule has 0 unspecified atom stereocenters. The molecule has 0 atom stereocenters. The Morgan fingerprint density at radius 3 is 0.939 bits per heavy atom. The zero-order valence-corrected chi connectivity index (χ0v) is 76.0. The van der Waals surface area contributed by atoms with Gasteiger partial charge in [-0.3, -0.25) is 0 Å². The van der Waals surface area contributed by atoms with Gasteiger partial charge >= 0.3 is 42.7 Å². The van der Waals surface area contributed by atoms with Gasteiger partial charge in [-0.2, -0.15) is 31.6 Å². The van der Waals surface area contributed by atoms with Crippen LogP contribution in [0.4, 0.5) is 0 Å². The van der Waals surface area contributed by atoms with Crippen LogP contribution < -0.4 is 61.2 Å². The summed E-state index contributed by atoms with van der Waals surface area (Å²) >= 11 is 0. The molecule has 0 radical (unpaired) electrons. The Balaban J connectivity index is 0.000000135. The van der Waals surface area contributed by atoms with E-state index in [0.29, 0.717) is 143 Å². The fourth-order valence-electron chi connectivity index (χ4n) is 15.1. The lowest BCUT2D eigenvalue weighted by molar-refractivity contribution is 0.274. The van der Waals surface area contributed by atoms with Gasteiger partial charge in [0, 0.05) is 52.4 Å². The van der Waals surface area contributed by atoms with Crippen LogP contribution in [0.25, 0.3) is 0 Å². The van der Waals surface area contributed by atoms with Gasteiger partial charge in [-0.05, 0) is 324 Å². The molecule has 660 valence electrons. The molecule has 6 aliphatic heterocycles. The Bertz CT molecular complexity index is 6740. The van der Waals surface area contributed by atoms with Crippen molar-refractivity contribution in [1.29, 1.82) is 31.6 Å². The van der Waals surface area contributed by atoms with E-state index in [4.69, 9.17) is 72.1 Å². The lowest BCUT2D eigenvalue weighted by Crippen LogP contribution is -2.30. The molecule has 0 saturated carbocycles. The lowest BCUT2D eigenvalue weighted by atomic mass is 9.76. The first kappa shape index (κ1) is 95.5. The molecule has 36 heteroatoms. The number of aryl methyl sites for hydroxylation is 13. The molecule has 30 nitrogen and oxygen atoms in total. The van der Waals surface area contributed by atoms with Gasteiger partial charge in [0.15, 0.2) is 0 Å². The summed E-state index contributed by atoms with van der Waals surface area (Å²) in [7, 11) is -5.23. The predicted octanol–water partition coefficient (Wildman–Crippen LogP) is 11.3.